The predicted molar refractivity (Wildman–Crippen MR) is 126 cm³/mol. The first-order chi connectivity index (χ1) is 14.1. The Labute approximate surface area is 192 Å². The van der Waals surface area contributed by atoms with Crippen molar-refractivity contribution < 1.29 is 14.4 Å². The summed E-state index contributed by atoms with van der Waals surface area (Å²) in [5.74, 6) is 0.865. The second-order valence-electron chi connectivity index (χ2n) is 8.93. The Morgan fingerprint density at radius 1 is 1.33 bits per heavy atom. The Morgan fingerprint density at radius 2 is 2.03 bits per heavy atom. The zero-order valence-corrected chi connectivity index (χ0v) is 20.7. The predicted octanol–water partition coefficient (Wildman–Crippen LogP) is 1.87. The number of nitrogens with zero attached hydrogens (tertiary/aromatic N) is 1. The SMILES string of the molecule is CC(C)CN1C(=O)C2C(NC1SC(C)C(=O)NC1SCCC1C(N)=O)SC(C)C2C. The summed E-state index contributed by atoms with van der Waals surface area (Å²) in [6.07, 6.45) is 0.698. The number of fused-ring (bicyclic) bond motifs is 1. The van der Waals surface area contributed by atoms with Crippen LogP contribution in [0.15, 0.2) is 0 Å². The van der Waals surface area contributed by atoms with E-state index < -0.39 is 0 Å². The zero-order valence-electron chi connectivity index (χ0n) is 18.3. The molecule has 3 heterocycles. The maximum atomic E-state index is 13.4. The Bertz CT molecular complexity index is 680. The molecule has 0 bridgehead atoms. The van der Waals surface area contributed by atoms with Crippen LogP contribution in [-0.4, -0.2) is 61.7 Å². The number of thioether (sulfide) groups is 3. The van der Waals surface area contributed by atoms with E-state index >= 15 is 0 Å². The third kappa shape index (κ3) is 5.07. The lowest BCUT2D eigenvalue weighted by molar-refractivity contribution is -0.142. The van der Waals surface area contributed by atoms with Crippen molar-refractivity contribution in [2.75, 3.05) is 12.3 Å². The lowest BCUT2D eigenvalue weighted by Gasteiger charge is -2.43. The molecule has 10 heteroatoms. The van der Waals surface area contributed by atoms with Crippen molar-refractivity contribution in [1.82, 2.24) is 15.5 Å². The number of primary amides is 1. The molecule has 4 N–H and O–H groups in total. The molecule has 0 aliphatic carbocycles. The van der Waals surface area contributed by atoms with E-state index in [0.717, 1.165) is 5.75 Å². The van der Waals surface area contributed by atoms with E-state index in [1.165, 1.54) is 11.8 Å². The van der Waals surface area contributed by atoms with Gasteiger partial charge >= 0.3 is 0 Å². The van der Waals surface area contributed by atoms with Crippen LogP contribution >= 0.6 is 35.3 Å². The van der Waals surface area contributed by atoms with Crippen molar-refractivity contribution in [3.8, 4) is 0 Å². The highest BCUT2D eigenvalue weighted by molar-refractivity contribution is 8.02. The molecule has 0 aromatic rings. The summed E-state index contributed by atoms with van der Waals surface area (Å²) < 4.78 is 0. The number of carbonyl (C=O) groups excluding carboxylic acids is 3. The number of carbonyl (C=O) groups is 3. The molecule has 0 aromatic heterocycles. The van der Waals surface area contributed by atoms with Crippen LogP contribution in [0.25, 0.3) is 0 Å². The first-order valence-corrected chi connectivity index (χ1v) is 13.6. The van der Waals surface area contributed by atoms with Crippen molar-refractivity contribution in [3.63, 3.8) is 0 Å². The minimum atomic E-state index is -0.363. The van der Waals surface area contributed by atoms with E-state index in [1.54, 1.807) is 11.8 Å². The molecule has 0 spiro atoms. The Balaban J connectivity index is 1.67. The molecular formula is C20H34N4O3S3. The van der Waals surface area contributed by atoms with Crippen LogP contribution in [0, 0.1) is 23.7 Å². The van der Waals surface area contributed by atoms with Gasteiger partial charge in [-0.05, 0) is 30.9 Å². The fourth-order valence-corrected chi connectivity index (χ4v) is 8.46. The highest BCUT2D eigenvalue weighted by atomic mass is 32.2. The van der Waals surface area contributed by atoms with Gasteiger partial charge in [-0.15, -0.1) is 35.3 Å². The van der Waals surface area contributed by atoms with Gasteiger partial charge in [0.1, 0.15) is 5.50 Å². The van der Waals surface area contributed by atoms with E-state index in [9.17, 15) is 14.4 Å². The van der Waals surface area contributed by atoms with Gasteiger partial charge in [0.25, 0.3) is 0 Å². The molecule has 3 amide bonds. The summed E-state index contributed by atoms with van der Waals surface area (Å²) >= 11 is 4.86. The van der Waals surface area contributed by atoms with Crippen LogP contribution in [0.2, 0.25) is 0 Å². The molecule has 3 aliphatic rings. The first-order valence-electron chi connectivity index (χ1n) is 10.7. The first kappa shape index (κ1) is 24.1. The molecule has 3 aliphatic heterocycles. The van der Waals surface area contributed by atoms with Crippen LogP contribution < -0.4 is 16.4 Å². The maximum Gasteiger partial charge on any atom is 0.233 e. The summed E-state index contributed by atoms with van der Waals surface area (Å²) in [6, 6.07) is 0. The summed E-state index contributed by atoms with van der Waals surface area (Å²) in [5, 5.41) is 6.52. The lowest BCUT2D eigenvalue weighted by Crippen LogP contribution is -2.61. The number of amides is 3. The van der Waals surface area contributed by atoms with E-state index in [0.29, 0.717) is 30.1 Å². The third-order valence-corrected chi connectivity index (χ3v) is 10.3. The molecule has 7 nitrogen and oxygen atoms in total. The molecule has 8 unspecified atom stereocenters. The van der Waals surface area contributed by atoms with E-state index in [1.807, 2.05) is 23.6 Å². The molecule has 3 fully saturated rings. The second kappa shape index (κ2) is 9.92. The molecule has 0 aromatic carbocycles. The van der Waals surface area contributed by atoms with Crippen molar-refractivity contribution in [2.45, 2.75) is 67.8 Å². The van der Waals surface area contributed by atoms with Gasteiger partial charge in [-0.2, -0.15) is 0 Å². The summed E-state index contributed by atoms with van der Waals surface area (Å²) in [7, 11) is 0. The van der Waals surface area contributed by atoms with Crippen molar-refractivity contribution >= 4 is 53.0 Å². The topological polar surface area (TPSA) is 105 Å². The van der Waals surface area contributed by atoms with Gasteiger partial charge in [-0.25, -0.2) is 0 Å². The summed E-state index contributed by atoms with van der Waals surface area (Å²) in [4.78, 5) is 39.7. The molecule has 0 radical (unpaired) electrons. The highest BCUT2D eigenvalue weighted by Crippen LogP contribution is 2.46. The molecule has 3 saturated heterocycles. The fourth-order valence-electron chi connectivity index (χ4n) is 4.27. The minimum Gasteiger partial charge on any atom is -0.369 e. The lowest BCUT2D eigenvalue weighted by atomic mass is 9.89. The highest BCUT2D eigenvalue weighted by Gasteiger charge is 2.51. The van der Waals surface area contributed by atoms with Gasteiger partial charge in [-0.3, -0.25) is 19.7 Å². The van der Waals surface area contributed by atoms with Gasteiger partial charge in [-0.1, -0.05) is 27.7 Å². The van der Waals surface area contributed by atoms with Gasteiger partial charge in [0, 0.05) is 11.8 Å². The monoisotopic (exact) mass is 474 g/mol. The van der Waals surface area contributed by atoms with Crippen molar-refractivity contribution in [1.29, 1.82) is 0 Å². The quantitative estimate of drug-likeness (QED) is 0.517. The van der Waals surface area contributed by atoms with Crippen LogP contribution in [0.3, 0.4) is 0 Å². The molecule has 3 rings (SSSR count). The number of nitrogens with two attached hydrogens (primary N) is 1. The van der Waals surface area contributed by atoms with Gasteiger partial charge < -0.3 is 16.0 Å². The zero-order chi connectivity index (χ0) is 22.2. The number of hydrogen-bond donors (Lipinski definition) is 3. The number of rotatable bonds is 7. The minimum absolute atomic E-state index is 0.0176. The normalized spacial score (nSPS) is 37.3. The average Bonchev–Trinajstić information content (AvgIpc) is 3.22. The third-order valence-electron chi connectivity index (χ3n) is 6.16. The Morgan fingerprint density at radius 3 is 2.67 bits per heavy atom. The largest absolute Gasteiger partial charge is 0.369 e. The van der Waals surface area contributed by atoms with Crippen LogP contribution in [-0.2, 0) is 14.4 Å². The van der Waals surface area contributed by atoms with Gasteiger partial charge in [0.05, 0.1) is 27.8 Å². The van der Waals surface area contributed by atoms with Gasteiger partial charge in [0.2, 0.25) is 17.7 Å². The molecule has 30 heavy (non-hydrogen) atoms. The molecule has 170 valence electrons. The number of nitrogens with one attached hydrogen (secondary N) is 2. The smallest absolute Gasteiger partial charge is 0.233 e. The fraction of sp³-hybridized carbons (Fsp3) is 0.850. The molecular weight excluding hydrogens is 440 g/mol. The summed E-state index contributed by atoms with van der Waals surface area (Å²) in [5.41, 5.74) is 5.24. The molecule has 8 atom stereocenters. The maximum absolute atomic E-state index is 13.4. The van der Waals surface area contributed by atoms with Crippen LogP contribution in [0.4, 0.5) is 0 Å². The standard InChI is InChI=1S/C20H34N4O3S3/c1-9(2)8-24-19(27)14-10(3)11(4)29-18(14)23-20(24)30-12(5)16(26)22-17-13(15(21)25)6-7-28-17/h9-14,17-18,20,23H,6-8H2,1-5H3,(H2,21,25)(H,22,26). The number of hydrogen-bond acceptors (Lipinski definition) is 7. The summed E-state index contributed by atoms with van der Waals surface area (Å²) in [6.45, 7) is 11.1. The van der Waals surface area contributed by atoms with Crippen LogP contribution in [0.5, 0.6) is 0 Å². The van der Waals surface area contributed by atoms with Crippen LogP contribution in [0.1, 0.15) is 41.0 Å². The van der Waals surface area contributed by atoms with Crippen molar-refractivity contribution in [2.24, 2.45) is 29.4 Å². The van der Waals surface area contributed by atoms with E-state index in [4.69, 9.17) is 5.73 Å². The van der Waals surface area contributed by atoms with E-state index in [2.05, 4.69) is 38.3 Å². The second-order valence-corrected chi connectivity index (χ2v) is 13.1. The van der Waals surface area contributed by atoms with E-state index in [-0.39, 0.29) is 51.1 Å². The molecule has 0 saturated carbocycles. The van der Waals surface area contributed by atoms with Gasteiger partial charge in [0.15, 0.2) is 0 Å². The van der Waals surface area contributed by atoms with Crippen molar-refractivity contribution in [3.05, 3.63) is 0 Å². The average molecular weight is 475 g/mol. The Hall–Kier alpha value is -0.580. The Kier molecular flexibility index (Phi) is 7.96.